The van der Waals surface area contributed by atoms with Gasteiger partial charge in [-0.05, 0) is 30.7 Å². The molecule has 2 rings (SSSR count). The van der Waals surface area contributed by atoms with Gasteiger partial charge in [0.2, 0.25) is 0 Å². The Morgan fingerprint density at radius 1 is 1.39 bits per heavy atom. The molecule has 0 bridgehead atoms. The molecule has 1 aliphatic heterocycles. The molecule has 0 unspecified atom stereocenters. The molecule has 0 radical (unpaired) electrons. The lowest BCUT2D eigenvalue weighted by Gasteiger charge is -2.12. The van der Waals surface area contributed by atoms with Gasteiger partial charge in [0, 0.05) is 25.4 Å². The van der Waals surface area contributed by atoms with Crippen molar-refractivity contribution in [2.45, 2.75) is 6.92 Å². The number of carbonyl (C=O) groups excluding carboxylic acids is 1. The predicted molar refractivity (Wildman–Crippen MR) is 74.7 cm³/mol. The van der Waals surface area contributed by atoms with E-state index < -0.39 is 0 Å². The molecule has 0 fully saturated rings. The number of carbonyl (C=O) groups is 1. The van der Waals surface area contributed by atoms with Gasteiger partial charge >= 0.3 is 0 Å². The van der Waals surface area contributed by atoms with Crippen LogP contribution in [0.3, 0.4) is 0 Å². The molecule has 18 heavy (non-hydrogen) atoms. The fourth-order valence-electron chi connectivity index (χ4n) is 1.85. The average molecular weight is 243 g/mol. The van der Waals surface area contributed by atoms with Gasteiger partial charge in [0.1, 0.15) is 5.84 Å². The van der Waals surface area contributed by atoms with Crippen LogP contribution in [0.25, 0.3) is 6.08 Å². The summed E-state index contributed by atoms with van der Waals surface area (Å²) in [6.07, 6.45) is 3.42. The van der Waals surface area contributed by atoms with Crippen LogP contribution in [0.2, 0.25) is 0 Å². The summed E-state index contributed by atoms with van der Waals surface area (Å²) in [5, 5.41) is 3.05. The van der Waals surface area contributed by atoms with Crippen LogP contribution in [0.15, 0.2) is 35.3 Å². The molecule has 4 heteroatoms. The van der Waals surface area contributed by atoms with Crippen LogP contribution < -0.4 is 5.32 Å². The monoisotopic (exact) mass is 243 g/mol. The van der Waals surface area contributed by atoms with Crippen molar-refractivity contribution in [3.05, 3.63) is 35.9 Å². The molecular weight excluding hydrogens is 226 g/mol. The van der Waals surface area contributed by atoms with Crippen molar-refractivity contribution in [3.8, 4) is 0 Å². The zero-order valence-corrected chi connectivity index (χ0v) is 10.7. The maximum atomic E-state index is 11.9. The van der Waals surface area contributed by atoms with Crippen molar-refractivity contribution in [1.29, 1.82) is 0 Å². The Balaban J connectivity index is 2.01. The van der Waals surface area contributed by atoms with Gasteiger partial charge in [-0.15, -0.1) is 0 Å². The first kappa shape index (κ1) is 12.4. The minimum Gasteiger partial charge on any atom is -0.388 e. The van der Waals surface area contributed by atoms with Gasteiger partial charge in [-0.3, -0.25) is 14.7 Å². The van der Waals surface area contributed by atoms with Gasteiger partial charge in [-0.2, -0.15) is 0 Å². The second-order valence-electron chi connectivity index (χ2n) is 4.12. The highest BCUT2D eigenvalue weighted by molar-refractivity contribution is 6.04. The first-order chi connectivity index (χ1) is 8.70. The molecule has 1 heterocycles. The summed E-state index contributed by atoms with van der Waals surface area (Å²) >= 11 is 0. The Kier molecular flexibility index (Phi) is 3.77. The van der Waals surface area contributed by atoms with Crippen LogP contribution in [0.5, 0.6) is 0 Å². The number of rotatable bonds is 3. The van der Waals surface area contributed by atoms with E-state index in [1.165, 1.54) is 0 Å². The maximum absolute atomic E-state index is 11.9. The summed E-state index contributed by atoms with van der Waals surface area (Å²) in [7, 11) is 1.88. The molecule has 1 N–H and O–H groups in total. The lowest BCUT2D eigenvalue weighted by Crippen LogP contribution is -2.31. The minimum absolute atomic E-state index is 0.00792. The number of amidine groups is 1. The molecule has 4 nitrogen and oxygen atoms in total. The van der Waals surface area contributed by atoms with Gasteiger partial charge in [-0.1, -0.05) is 12.1 Å². The molecule has 1 aromatic carbocycles. The van der Waals surface area contributed by atoms with E-state index in [0.717, 1.165) is 17.1 Å². The van der Waals surface area contributed by atoms with Crippen molar-refractivity contribution in [2.24, 2.45) is 4.99 Å². The van der Waals surface area contributed by atoms with Crippen LogP contribution in [0, 0.1) is 0 Å². The molecular formula is C14H17N3O. The Morgan fingerprint density at radius 3 is 2.67 bits per heavy atom. The van der Waals surface area contributed by atoms with Gasteiger partial charge < -0.3 is 5.32 Å². The molecule has 0 saturated heterocycles. The zero-order chi connectivity index (χ0) is 13.0. The second-order valence-corrected chi connectivity index (χ2v) is 4.12. The Hall–Kier alpha value is -2.10. The van der Waals surface area contributed by atoms with E-state index in [-0.39, 0.29) is 5.91 Å². The standard InChI is InChI=1S/C14H17N3O/c1-11-16-9-10-17(11)14(18)8-5-12-3-6-13(15-2)7-4-12/h3-8,15H,9-10H2,1-2H3/b8-5+. The number of anilines is 1. The van der Waals surface area contributed by atoms with Crippen molar-refractivity contribution >= 4 is 23.5 Å². The first-order valence-electron chi connectivity index (χ1n) is 5.99. The van der Waals surface area contributed by atoms with E-state index in [1.54, 1.807) is 11.0 Å². The predicted octanol–water partition coefficient (Wildman–Crippen LogP) is 2.00. The molecule has 1 amide bonds. The molecule has 0 saturated carbocycles. The summed E-state index contributed by atoms with van der Waals surface area (Å²) in [6.45, 7) is 3.26. The summed E-state index contributed by atoms with van der Waals surface area (Å²) in [5.74, 6) is 0.793. The van der Waals surface area contributed by atoms with E-state index in [2.05, 4.69) is 10.3 Å². The largest absolute Gasteiger partial charge is 0.388 e. The molecule has 0 atom stereocenters. The maximum Gasteiger partial charge on any atom is 0.251 e. The fourth-order valence-corrected chi connectivity index (χ4v) is 1.85. The lowest BCUT2D eigenvalue weighted by molar-refractivity contribution is -0.122. The van der Waals surface area contributed by atoms with Gasteiger partial charge in [0.25, 0.3) is 5.91 Å². The number of hydrogen-bond donors (Lipinski definition) is 1. The number of nitrogens with zero attached hydrogens (tertiary/aromatic N) is 2. The van der Waals surface area contributed by atoms with Crippen LogP contribution in [0.1, 0.15) is 12.5 Å². The Labute approximate surface area is 107 Å². The van der Waals surface area contributed by atoms with E-state index in [9.17, 15) is 4.79 Å². The second kappa shape index (κ2) is 5.49. The number of nitrogens with one attached hydrogen (secondary N) is 1. The number of benzene rings is 1. The van der Waals surface area contributed by atoms with E-state index in [1.807, 2.05) is 44.3 Å². The van der Waals surface area contributed by atoms with Crippen LogP contribution in [-0.2, 0) is 4.79 Å². The van der Waals surface area contributed by atoms with E-state index in [0.29, 0.717) is 13.1 Å². The lowest BCUT2D eigenvalue weighted by atomic mass is 10.2. The van der Waals surface area contributed by atoms with Crippen molar-refractivity contribution in [3.63, 3.8) is 0 Å². The third kappa shape index (κ3) is 2.77. The van der Waals surface area contributed by atoms with Gasteiger partial charge in [-0.25, -0.2) is 0 Å². The number of aliphatic imine (C=N–C) groups is 1. The van der Waals surface area contributed by atoms with E-state index >= 15 is 0 Å². The first-order valence-corrected chi connectivity index (χ1v) is 5.99. The molecule has 1 aliphatic rings. The van der Waals surface area contributed by atoms with Gasteiger partial charge in [0.05, 0.1) is 6.54 Å². The van der Waals surface area contributed by atoms with Crippen molar-refractivity contribution in [2.75, 3.05) is 25.5 Å². The number of hydrogen-bond acceptors (Lipinski definition) is 3. The molecule has 0 aliphatic carbocycles. The zero-order valence-electron chi connectivity index (χ0n) is 10.7. The number of amides is 1. The third-order valence-corrected chi connectivity index (χ3v) is 2.94. The summed E-state index contributed by atoms with van der Waals surface area (Å²) in [6, 6.07) is 7.90. The molecule has 0 aromatic heterocycles. The normalized spacial score (nSPS) is 15.0. The summed E-state index contributed by atoms with van der Waals surface area (Å²) in [5.41, 5.74) is 2.07. The fraction of sp³-hybridized carbons (Fsp3) is 0.286. The highest BCUT2D eigenvalue weighted by Gasteiger charge is 2.17. The topological polar surface area (TPSA) is 44.7 Å². The molecule has 1 aromatic rings. The van der Waals surface area contributed by atoms with E-state index in [4.69, 9.17) is 0 Å². The summed E-state index contributed by atoms with van der Waals surface area (Å²) < 4.78 is 0. The van der Waals surface area contributed by atoms with Crippen molar-refractivity contribution in [1.82, 2.24) is 4.90 Å². The highest BCUT2D eigenvalue weighted by Crippen LogP contribution is 2.10. The van der Waals surface area contributed by atoms with Crippen LogP contribution in [-0.4, -0.2) is 36.8 Å². The SMILES string of the molecule is CNc1ccc(/C=C/C(=O)N2CCN=C2C)cc1. The van der Waals surface area contributed by atoms with Crippen LogP contribution in [0.4, 0.5) is 5.69 Å². The van der Waals surface area contributed by atoms with Crippen molar-refractivity contribution < 1.29 is 4.79 Å². The Bertz CT molecular complexity index is 488. The molecule has 0 spiro atoms. The smallest absolute Gasteiger partial charge is 0.251 e. The average Bonchev–Trinajstić information content (AvgIpc) is 2.83. The third-order valence-electron chi connectivity index (χ3n) is 2.94. The molecule has 94 valence electrons. The minimum atomic E-state index is -0.00792. The van der Waals surface area contributed by atoms with Gasteiger partial charge in [0.15, 0.2) is 0 Å². The highest BCUT2D eigenvalue weighted by atomic mass is 16.2. The summed E-state index contributed by atoms with van der Waals surface area (Å²) in [4.78, 5) is 17.8. The Morgan fingerprint density at radius 2 is 2.11 bits per heavy atom. The quantitative estimate of drug-likeness (QED) is 0.825. The van der Waals surface area contributed by atoms with Crippen LogP contribution >= 0.6 is 0 Å².